The maximum Gasteiger partial charge on any atom is 0.185 e. The summed E-state index contributed by atoms with van der Waals surface area (Å²) in [5.74, 6) is -0.0227. The normalized spacial score (nSPS) is 17.1. The number of halogens is 2. The Balaban J connectivity index is 2.21. The van der Waals surface area contributed by atoms with E-state index in [1.807, 2.05) is 31.2 Å². The van der Waals surface area contributed by atoms with E-state index in [1.165, 1.54) is 0 Å². The van der Waals surface area contributed by atoms with Crippen LogP contribution in [0, 0.1) is 6.92 Å². The molecule has 2 aromatic carbocycles. The highest BCUT2D eigenvalue weighted by molar-refractivity contribution is 6.32. The van der Waals surface area contributed by atoms with Crippen molar-refractivity contribution in [1.29, 1.82) is 0 Å². The highest BCUT2D eigenvalue weighted by Gasteiger charge is 2.24. The van der Waals surface area contributed by atoms with Crippen molar-refractivity contribution >= 4 is 29.0 Å². The molecule has 0 heterocycles. The van der Waals surface area contributed by atoms with Crippen LogP contribution in [0.1, 0.15) is 33.0 Å². The van der Waals surface area contributed by atoms with Gasteiger partial charge in [-0.2, -0.15) is 0 Å². The molecule has 0 saturated carbocycles. The van der Waals surface area contributed by atoms with Crippen molar-refractivity contribution in [1.82, 2.24) is 0 Å². The monoisotopic (exact) mass is 302 g/mol. The molecule has 0 N–H and O–H groups in total. The van der Waals surface area contributed by atoms with Crippen molar-refractivity contribution in [3.63, 3.8) is 0 Å². The van der Waals surface area contributed by atoms with Gasteiger partial charge in [0.2, 0.25) is 0 Å². The Bertz CT molecular complexity index is 732. The van der Waals surface area contributed by atoms with Crippen LogP contribution in [0.25, 0.3) is 0 Å². The van der Waals surface area contributed by atoms with Crippen molar-refractivity contribution in [2.45, 2.75) is 12.8 Å². The Morgan fingerprint density at radius 3 is 2.60 bits per heavy atom. The molecule has 1 unspecified atom stereocenters. The average molecular weight is 303 g/mol. The van der Waals surface area contributed by atoms with Gasteiger partial charge in [-0.05, 0) is 48.4 Å². The van der Waals surface area contributed by atoms with E-state index in [4.69, 9.17) is 23.2 Å². The molecule has 0 fully saturated rings. The summed E-state index contributed by atoms with van der Waals surface area (Å²) >= 11 is 12.4. The summed E-state index contributed by atoms with van der Waals surface area (Å²) in [7, 11) is 0. The Hall–Kier alpha value is -1.57. The lowest BCUT2D eigenvalue weighted by Crippen LogP contribution is -2.12. The molecule has 3 rings (SSSR count). The number of benzene rings is 2. The van der Waals surface area contributed by atoms with Crippen LogP contribution in [0.4, 0.5) is 0 Å². The van der Waals surface area contributed by atoms with Crippen LogP contribution in [0.15, 0.2) is 48.6 Å². The number of carbonyl (C=O) groups excluding carboxylic acids is 1. The lowest BCUT2D eigenvalue weighted by Gasteiger charge is -2.22. The van der Waals surface area contributed by atoms with Gasteiger partial charge in [-0.15, -0.1) is 0 Å². The Kier molecular flexibility index (Phi) is 3.41. The van der Waals surface area contributed by atoms with Crippen LogP contribution in [0.3, 0.4) is 0 Å². The van der Waals surface area contributed by atoms with Gasteiger partial charge in [0.1, 0.15) is 0 Å². The van der Waals surface area contributed by atoms with Crippen molar-refractivity contribution in [2.75, 3.05) is 0 Å². The number of rotatable bonds is 1. The van der Waals surface area contributed by atoms with Crippen LogP contribution in [-0.4, -0.2) is 5.78 Å². The van der Waals surface area contributed by atoms with Crippen LogP contribution < -0.4 is 0 Å². The van der Waals surface area contributed by atoms with Gasteiger partial charge < -0.3 is 0 Å². The average Bonchev–Trinajstić information content (AvgIpc) is 2.42. The molecule has 0 aliphatic heterocycles. The van der Waals surface area contributed by atoms with E-state index in [-0.39, 0.29) is 11.7 Å². The summed E-state index contributed by atoms with van der Waals surface area (Å²) in [4.78, 5) is 12.0. The first-order valence-corrected chi connectivity index (χ1v) is 7.10. The molecule has 1 aliphatic rings. The van der Waals surface area contributed by atoms with Gasteiger partial charge in [0, 0.05) is 21.5 Å². The molecular formula is C17H12Cl2O. The number of aryl methyl sites for hydroxylation is 1. The van der Waals surface area contributed by atoms with Gasteiger partial charge in [-0.1, -0.05) is 47.0 Å². The first kappa shape index (κ1) is 13.4. The third-order valence-electron chi connectivity index (χ3n) is 3.54. The standard InChI is InChI=1S/C17H12Cl2O/c1-10-2-6-16(19)15(8-10)12-5-7-17(20)13-4-3-11(18)9-14(12)13/h2-9,12H,1H3. The zero-order valence-corrected chi connectivity index (χ0v) is 12.4. The second-order valence-electron chi connectivity index (χ2n) is 4.96. The molecule has 1 aliphatic carbocycles. The van der Waals surface area contributed by atoms with Crippen LogP contribution >= 0.6 is 23.2 Å². The van der Waals surface area contributed by atoms with Gasteiger partial charge in [0.05, 0.1) is 0 Å². The Morgan fingerprint density at radius 2 is 1.80 bits per heavy atom. The van der Waals surface area contributed by atoms with Crippen molar-refractivity contribution in [3.05, 3.63) is 80.8 Å². The van der Waals surface area contributed by atoms with E-state index in [2.05, 4.69) is 6.07 Å². The third kappa shape index (κ3) is 2.28. The van der Waals surface area contributed by atoms with Gasteiger partial charge in [-0.25, -0.2) is 0 Å². The number of allylic oxidation sites excluding steroid dienone is 2. The molecule has 100 valence electrons. The maximum atomic E-state index is 12.0. The minimum atomic E-state index is -0.0335. The van der Waals surface area contributed by atoms with Gasteiger partial charge in [0.15, 0.2) is 5.78 Å². The molecule has 1 atom stereocenters. The molecular weight excluding hydrogens is 291 g/mol. The van der Waals surface area contributed by atoms with E-state index in [0.717, 1.165) is 16.7 Å². The first-order chi connectivity index (χ1) is 9.56. The van der Waals surface area contributed by atoms with Crippen molar-refractivity contribution in [3.8, 4) is 0 Å². The summed E-state index contributed by atoms with van der Waals surface area (Å²) in [5.41, 5.74) is 3.74. The molecule has 0 amide bonds. The molecule has 0 spiro atoms. The van der Waals surface area contributed by atoms with Crippen molar-refractivity contribution < 1.29 is 4.79 Å². The third-order valence-corrected chi connectivity index (χ3v) is 4.12. The zero-order valence-electron chi connectivity index (χ0n) is 10.9. The van der Waals surface area contributed by atoms with Crippen molar-refractivity contribution in [2.24, 2.45) is 0 Å². The minimum Gasteiger partial charge on any atom is -0.289 e. The van der Waals surface area contributed by atoms with Crippen LogP contribution in [0.5, 0.6) is 0 Å². The number of fused-ring (bicyclic) bond motifs is 1. The summed E-state index contributed by atoms with van der Waals surface area (Å²) in [6.07, 6.45) is 3.50. The summed E-state index contributed by atoms with van der Waals surface area (Å²) in [5, 5.41) is 1.33. The molecule has 1 nitrogen and oxygen atoms in total. The number of hydrogen-bond acceptors (Lipinski definition) is 1. The predicted molar refractivity (Wildman–Crippen MR) is 83.0 cm³/mol. The number of carbonyl (C=O) groups is 1. The van der Waals surface area contributed by atoms with E-state index in [9.17, 15) is 4.79 Å². The van der Waals surface area contributed by atoms with Gasteiger partial charge >= 0.3 is 0 Å². The number of ketones is 1. The molecule has 2 aromatic rings. The summed E-state index contributed by atoms with van der Waals surface area (Å²) in [6, 6.07) is 11.3. The van der Waals surface area contributed by atoms with Gasteiger partial charge in [0.25, 0.3) is 0 Å². The lowest BCUT2D eigenvalue weighted by atomic mass is 9.82. The molecule has 3 heteroatoms. The Labute approximate surface area is 127 Å². The zero-order chi connectivity index (χ0) is 14.3. The smallest absolute Gasteiger partial charge is 0.185 e. The fourth-order valence-corrected chi connectivity index (χ4v) is 2.98. The van der Waals surface area contributed by atoms with Gasteiger partial charge in [-0.3, -0.25) is 4.79 Å². The summed E-state index contributed by atoms with van der Waals surface area (Å²) in [6.45, 7) is 2.02. The molecule has 20 heavy (non-hydrogen) atoms. The second kappa shape index (κ2) is 5.08. The van der Waals surface area contributed by atoms with Crippen LogP contribution in [-0.2, 0) is 0 Å². The largest absolute Gasteiger partial charge is 0.289 e. The number of hydrogen-bond donors (Lipinski definition) is 0. The topological polar surface area (TPSA) is 17.1 Å². The minimum absolute atomic E-state index is 0.0108. The molecule has 0 bridgehead atoms. The molecule has 0 radical (unpaired) electrons. The van der Waals surface area contributed by atoms with E-state index in [0.29, 0.717) is 15.6 Å². The van der Waals surface area contributed by atoms with E-state index < -0.39 is 0 Å². The quantitative estimate of drug-likeness (QED) is 0.709. The predicted octanol–water partition coefficient (Wildman–Crippen LogP) is 5.19. The first-order valence-electron chi connectivity index (χ1n) is 6.34. The fourth-order valence-electron chi connectivity index (χ4n) is 2.57. The maximum absolute atomic E-state index is 12.0. The highest BCUT2D eigenvalue weighted by Crippen LogP contribution is 2.37. The SMILES string of the molecule is Cc1ccc(Cl)c(C2C=CC(=O)c3ccc(Cl)cc32)c1. The summed E-state index contributed by atoms with van der Waals surface area (Å²) < 4.78 is 0. The fraction of sp³-hybridized carbons (Fsp3) is 0.118. The second-order valence-corrected chi connectivity index (χ2v) is 5.80. The van der Waals surface area contributed by atoms with E-state index >= 15 is 0 Å². The molecule has 0 saturated heterocycles. The van der Waals surface area contributed by atoms with Crippen LogP contribution in [0.2, 0.25) is 10.0 Å². The Morgan fingerprint density at radius 1 is 1.00 bits per heavy atom. The lowest BCUT2D eigenvalue weighted by molar-refractivity contribution is 0.104. The highest BCUT2D eigenvalue weighted by atomic mass is 35.5. The molecule has 0 aromatic heterocycles. The van der Waals surface area contributed by atoms with E-state index in [1.54, 1.807) is 18.2 Å².